The Hall–Kier alpha value is -1.18. The monoisotopic (exact) mass is 165 g/mol. The van der Waals surface area contributed by atoms with Crippen LogP contribution in [-0.4, -0.2) is 6.61 Å². The van der Waals surface area contributed by atoms with Gasteiger partial charge in [0.15, 0.2) is 0 Å². The second kappa shape index (κ2) is 3.48. The summed E-state index contributed by atoms with van der Waals surface area (Å²) in [6.07, 6.45) is 0. The number of benzene rings is 1. The molecule has 0 spiro atoms. The predicted octanol–water partition coefficient (Wildman–Crippen LogP) is 2.28. The van der Waals surface area contributed by atoms with Gasteiger partial charge in [-0.15, -0.1) is 0 Å². The number of anilines is 1. The molecule has 0 fully saturated rings. The number of hydrogen-bond acceptors (Lipinski definition) is 2. The van der Waals surface area contributed by atoms with Crippen molar-refractivity contribution in [2.75, 3.05) is 12.3 Å². The van der Waals surface area contributed by atoms with Crippen LogP contribution in [-0.2, 0) is 0 Å². The number of hydrogen-bond donors (Lipinski definition) is 1. The molecule has 2 heteroatoms. The van der Waals surface area contributed by atoms with Crippen molar-refractivity contribution in [2.45, 2.75) is 20.8 Å². The van der Waals surface area contributed by atoms with E-state index in [9.17, 15) is 0 Å². The van der Waals surface area contributed by atoms with Gasteiger partial charge in [-0.05, 0) is 44.0 Å². The average Bonchev–Trinajstić information content (AvgIpc) is 2.01. The standard InChI is InChI=1S/C10H15NO/c1-4-12-9-5-7(2)10(11)8(3)6-9/h5-6H,4,11H2,1-3H3. The minimum absolute atomic E-state index is 0.697. The number of nitrogens with two attached hydrogens (primary N) is 1. The van der Waals surface area contributed by atoms with Crippen LogP contribution in [0.25, 0.3) is 0 Å². The highest BCUT2D eigenvalue weighted by Gasteiger charge is 2.00. The molecule has 66 valence electrons. The highest BCUT2D eigenvalue weighted by molar-refractivity contribution is 5.55. The Labute approximate surface area is 73.3 Å². The fourth-order valence-electron chi connectivity index (χ4n) is 1.18. The first-order chi connectivity index (χ1) is 5.65. The van der Waals surface area contributed by atoms with Crippen LogP contribution < -0.4 is 10.5 Å². The third-order valence-corrected chi connectivity index (χ3v) is 1.88. The Morgan fingerprint density at radius 3 is 2.17 bits per heavy atom. The summed E-state index contributed by atoms with van der Waals surface area (Å²) in [5.74, 6) is 0.904. The zero-order valence-electron chi connectivity index (χ0n) is 7.85. The maximum Gasteiger partial charge on any atom is 0.119 e. The molecule has 0 unspecified atom stereocenters. The van der Waals surface area contributed by atoms with Crippen LogP contribution in [0.15, 0.2) is 12.1 Å². The van der Waals surface area contributed by atoms with Gasteiger partial charge in [0.05, 0.1) is 6.61 Å². The van der Waals surface area contributed by atoms with E-state index in [-0.39, 0.29) is 0 Å². The average molecular weight is 165 g/mol. The van der Waals surface area contributed by atoms with Gasteiger partial charge in [-0.25, -0.2) is 0 Å². The summed E-state index contributed by atoms with van der Waals surface area (Å²) < 4.78 is 5.37. The lowest BCUT2D eigenvalue weighted by Crippen LogP contribution is -1.97. The van der Waals surface area contributed by atoms with Crippen molar-refractivity contribution in [2.24, 2.45) is 0 Å². The second-order valence-corrected chi connectivity index (χ2v) is 2.90. The number of aryl methyl sites for hydroxylation is 2. The molecule has 1 aromatic carbocycles. The van der Waals surface area contributed by atoms with E-state index in [2.05, 4.69) is 0 Å². The molecule has 12 heavy (non-hydrogen) atoms. The summed E-state index contributed by atoms with van der Waals surface area (Å²) in [4.78, 5) is 0. The van der Waals surface area contributed by atoms with Crippen molar-refractivity contribution in [1.29, 1.82) is 0 Å². The minimum Gasteiger partial charge on any atom is -0.494 e. The smallest absolute Gasteiger partial charge is 0.119 e. The molecule has 0 bridgehead atoms. The van der Waals surface area contributed by atoms with Gasteiger partial charge < -0.3 is 10.5 Å². The summed E-state index contributed by atoms with van der Waals surface area (Å²) in [6.45, 7) is 6.65. The largest absolute Gasteiger partial charge is 0.494 e. The lowest BCUT2D eigenvalue weighted by Gasteiger charge is -2.08. The fourth-order valence-corrected chi connectivity index (χ4v) is 1.18. The van der Waals surface area contributed by atoms with Crippen LogP contribution in [0.4, 0.5) is 5.69 Å². The summed E-state index contributed by atoms with van der Waals surface area (Å²) >= 11 is 0. The third kappa shape index (κ3) is 1.70. The molecule has 2 nitrogen and oxygen atoms in total. The Balaban J connectivity index is 3.04. The molecule has 0 heterocycles. The van der Waals surface area contributed by atoms with Crippen molar-refractivity contribution in [3.05, 3.63) is 23.3 Å². The quantitative estimate of drug-likeness (QED) is 0.682. The Kier molecular flexibility index (Phi) is 2.58. The molecule has 0 radical (unpaired) electrons. The molecule has 0 aliphatic heterocycles. The van der Waals surface area contributed by atoms with E-state index >= 15 is 0 Å². The lowest BCUT2D eigenvalue weighted by molar-refractivity contribution is 0.340. The fraction of sp³-hybridized carbons (Fsp3) is 0.400. The van der Waals surface area contributed by atoms with Gasteiger partial charge in [0.2, 0.25) is 0 Å². The van der Waals surface area contributed by atoms with E-state index in [1.54, 1.807) is 0 Å². The Bertz CT molecular complexity index is 258. The zero-order chi connectivity index (χ0) is 9.14. The minimum atomic E-state index is 0.697. The first-order valence-electron chi connectivity index (χ1n) is 4.14. The highest BCUT2D eigenvalue weighted by atomic mass is 16.5. The van der Waals surface area contributed by atoms with E-state index in [1.807, 2.05) is 32.9 Å². The van der Waals surface area contributed by atoms with Gasteiger partial charge >= 0.3 is 0 Å². The SMILES string of the molecule is CCOc1cc(C)c(N)c(C)c1. The number of ether oxygens (including phenoxy) is 1. The molecule has 0 saturated carbocycles. The summed E-state index contributed by atoms with van der Waals surface area (Å²) in [6, 6.07) is 3.93. The van der Waals surface area contributed by atoms with Gasteiger partial charge in [-0.3, -0.25) is 0 Å². The van der Waals surface area contributed by atoms with Crippen molar-refractivity contribution >= 4 is 5.69 Å². The normalized spacial score (nSPS) is 9.92. The van der Waals surface area contributed by atoms with E-state index in [1.165, 1.54) is 0 Å². The van der Waals surface area contributed by atoms with E-state index < -0.39 is 0 Å². The maximum atomic E-state index is 5.79. The van der Waals surface area contributed by atoms with Crippen LogP contribution in [0.3, 0.4) is 0 Å². The second-order valence-electron chi connectivity index (χ2n) is 2.90. The van der Waals surface area contributed by atoms with Gasteiger partial charge in [-0.2, -0.15) is 0 Å². The van der Waals surface area contributed by atoms with E-state index in [0.717, 1.165) is 22.6 Å². The lowest BCUT2D eigenvalue weighted by atomic mass is 10.1. The summed E-state index contributed by atoms with van der Waals surface area (Å²) in [7, 11) is 0. The van der Waals surface area contributed by atoms with Crippen molar-refractivity contribution in [3.63, 3.8) is 0 Å². The molecule has 1 rings (SSSR count). The topological polar surface area (TPSA) is 35.2 Å². The number of rotatable bonds is 2. The molecule has 2 N–H and O–H groups in total. The molecule has 0 aliphatic carbocycles. The predicted molar refractivity (Wildman–Crippen MR) is 51.5 cm³/mol. The summed E-state index contributed by atoms with van der Waals surface area (Å²) in [5.41, 5.74) is 8.81. The molecule has 0 aromatic heterocycles. The van der Waals surface area contributed by atoms with Crippen LogP contribution in [0.1, 0.15) is 18.1 Å². The first kappa shape index (κ1) is 8.91. The van der Waals surface area contributed by atoms with E-state index in [0.29, 0.717) is 6.61 Å². The van der Waals surface area contributed by atoms with Crippen molar-refractivity contribution in [1.82, 2.24) is 0 Å². The molecule has 1 aromatic rings. The zero-order valence-corrected chi connectivity index (χ0v) is 7.85. The number of nitrogen functional groups attached to an aromatic ring is 1. The van der Waals surface area contributed by atoms with Crippen molar-refractivity contribution in [3.8, 4) is 5.75 Å². The van der Waals surface area contributed by atoms with Gasteiger partial charge in [0, 0.05) is 5.69 Å². The highest BCUT2D eigenvalue weighted by Crippen LogP contribution is 2.23. The van der Waals surface area contributed by atoms with Crippen LogP contribution in [0.2, 0.25) is 0 Å². The van der Waals surface area contributed by atoms with Crippen LogP contribution in [0.5, 0.6) is 5.75 Å². The first-order valence-corrected chi connectivity index (χ1v) is 4.14. The molecule has 0 amide bonds. The molecular weight excluding hydrogens is 150 g/mol. The molecule has 0 saturated heterocycles. The van der Waals surface area contributed by atoms with E-state index in [4.69, 9.17) is 10.5 Å². The molecule has 0 atom stereocenters. The van der Waals surface area contributed by atoms with Crippen molar-refractivity contribution < 1.29 is 4.74 Å². The molecular formula is C10H15NO. The Morgan fingerprint density at radius 2 is 1.75 bits per heavy atom. The van der Waals surface area contributed by atoms with Gasteiger partial charge in [0.1, 0.15) is 5.75 Å². The maximum absolute atomic E-state index is 5.79. The Morgan fingerprint density at radius 1 is 1.25 bits per heavy atom. The third-order valence-electron chi connectivity index (χ3n) is 1.88. The summed E-state index contributed by atoms with van der Waals surface area (Å²) in [5, 5.41) is 0. The van der Waals surface area contributed by atoms with Crippen LogP contribution in [0, 0.1) is 13.8 Å². The van der Waals surface area contributed by atoms with Gasteiger partial charge in [-0.1, -0.05) is 0 Å². The van der Waals surface area contributed by atoms with Crippen LogP contribution >= 0.6 is 0 Å². The van der Waals surface area contributed by atoms with Gasteiger partial charge in [0.25, 0.3) is 0 Å². The molecule has 0 aliphatic rings.